The lowest BCUT2D eigenvalue weighted by Gasteiger charge is -2.10. The summed E-state index contributed by atoms with van der Waals surface area (Å²) in [5.74, 6) is -0.764. The van der Waals surface area contributed by atoms with Gasteiger partial charge in [0, 0.05) is 11.4 Å². The normalized spacial score (nSPS) is 10.5. The molecule has 0 unspecified atom stereocenters. The molecule has 2 aromatic carbocycles. The van der Waals surface area contributed by atoms with Crippen LogP contribution in [0.1, 0.15) is 11.1 Å². The van der Waals surface area contributed by atoms with Crippen LogP contribution in [0, 0.1) is 11.6 Å². The molecule has 2 aromatic rings. The van der Waals surface area contributed by atoms with Crippen LogP contribution in [-0.4, -0.2) is 0 Å². The summed E-state index contributed by atoms with van der Waals surface area (Å²) in [4.78, 5) is 0. The third kappa shape index (κ3) is 3.37. The standard InChI is InChI=1S/C14H10Cl2F2O/c15-7-9-4-5-14(13(18)6-9)19-8-10-11(16)2-1-3-12(10)17/h1-6H,7-8H2. The molecular weight excluding hydrogens is 293 g/mol. The maximum atomic E-state index is 13.6. The second-order valence-electron chi connectivity index (χ2n) is 3.89. The van der Waals surface area contributed by atoms with Gasteiger partial charge in [-0.3, -0.25) is 0 Å². The van der Waals surface area contributed by atoms with Crippen LogP contribution in [0.25, 0.3) is 0 Å². The zero-order valence-corrected chi connectivity index (χ0v) is 11.3. The minimum atomic E-state index is -0.536. The van der Waals surface area contributed by atoms with Gasteiger partial charge in [0.2, 0.25) is 0 Å². The lowest BCUT2D eigenvalue weighted by molar-refractivity contribution is 0.285. The average Bonchev–Trinajstić information content (AvgIpc) is 2.39. The lowest BCUT2D eigenvalue weighted by Crippen LogP contribution is -2.01. The van der Waals surface area contributed by atoms with Crippen LogP contribution in [0.5, 0.6) is 5.75 Å². The topological polar surface area (TPSA) is 9.23 Å². The van der Waals surface area contributed by atoms with Crippen LogP contribution in [-0.2, 0) is 12.5 Å². The van der Waals surface area contributed by atoms with Crippen molar-refractivity contribution >= 4 is 23.2 Å². The first kappa shape index (κ1) is 14.1. The molecule has 0 amide bonds. The second-order valence-corrected chi connectivity index (χ2v) is 4.56. The van der Waals surface area contributed by atoms with Gasteiger partial charge in [0.25, 0.3) is 0 Å². The number of hydrogen-bond acceptors (Lipinski definition) is 1. The minimum absolute atomic E-state index is 0.0354. The third-order valence-electron chi connectivity index (χ3n) is 2.58. The van der Waals surface area contributed by atoms with Gasteiger partial charge < -0.3 is 4.74 Å². The summed E-state index contributed by atoms with van der Waals surface area (Å²) in [5.41, 5.74) is 0.848. The third-order valence-corrected chi connectivity index (χ3v) is 3.25. The molecule has 0 spiro atoms. The summed E-state index contributed by atoms with van der Waals surface area (Å²) in [5, 5.41) is 0.248. The Labute approximate surface area is 119 Å². The summed E-state index contributed by atoms with van der Waals surface area (Å²) in [6.45, 7) is -0.136. The Morgan fingerprint density at radius 3 is 2.47 bits per heavy atom. The molecule has 0 atom stereocenters. The monoisotopic (exact) mass is 302 g/mol. The summed E-state index contributed by atoms with van der Waals surface area (Å²) < 4.78 is 32.4. The van der Waals surface area contributed by atoms with Gasteiger partial charge in [0.1, 0.15) is 12.4 Å². The number of ether oxygens (including phenoxy) is 1. The van der Waals surface area contributed by atoms with Crippen molar-refractivity contribution in [3.05, 3.63) is 64.2 Å². The van der Waals surface area contributed by atoms with Gasteiger partial charge in [-0.2, -0.15) is 0 Å². The smallest absolute Gasteiger partial charge is 0.165 e. The number of rotatable bonds is 4. The molecule has 19 heavy (non-hydrogen) atoms. The predicted octanol–water partition coefficient (Wildman–Crippen LogP) is 4.94. The molecule has 0 aromatic heterocycles. The summed E-state index contributed by atoms with van der Waals surface area (Å²) in [6.07, 6.45) is 0. The van der Waals surface area contributed by atoms with E-state index in [1.165, 1.54) is 24.3 Å². The molecule has 0 saturated heterocycles. The first-order valence-corrected chi connectivity index (χ1v) is 6.43. The maximum Gasteiger partial charge on any atom is 0.165 e. The SMILES string of the molecule is Fc1cc(CCl)ccc1OCc1c(F)cccc1Cl. The van der Waals surface area contributed by atoms with Crippen LogP contribution < -0.4 is 4.74 Å². The molecule has 0 radical (unpaired) electrons. The highest BCUT2D eigenvalue weighted by atomic mass is 35.5. The Hall–Kier alpha value is -1.32. The van der Waals surface area contributed by atoms with E-state index in [1.807, 2.05) is 0 Å². The van der Waals surface area contributed by atoms with Crippen molar-refractivity contribution < 1.29 is 13.5 Å². The van der Waals surface area contributed by atoms with Gasteiger partial charge in [-0.05, 0) is 29.8 Å². The molecule has 0 bridgehead atoms. The summed E-state index contributed by atoms with van der Waals surface area (Å²) in [6, 6.07) is 8.71. The Bertz CT molecular complexity index is 567. The lowest BCUT2D eigenvalue weighted by atomic mass is 10.2. The molecule has 1 nitrogen and oxygen atoms in total. The Morgan fingerprint density at radius 2 is 1.84 bits per heavy atom. The van der Waals surface area contributed by atoms with E-state index >= 15 is 0 Å². The zero-order valence-electron chi connectivity index (χ0n) is 9.80. The highest BCUT2D eigenvalue weighted by molar-refractivity contribution is 6.31. The molecule has 0 aliphatic heterocycles. The van der Waals surface area contributed by atoms with Crippen LogP contribution >= 0.6 is 23.2 Å². The van der Waals surface area contributed by atoms with Crippen molar-refractivity contribution in [3.8, 4) is 5.75 Å². The number of hydrogen-bond donors (Lipinski definition) is 0. The van der Waals surface area contributed by atoms with E-state index in [9.17, 15) is 8.78 Å². The van der Waals surface area contributed by atoms with Crippen molar-refractivity contribution in [2.45, 2.75) is 12.5 Å². The van der Waals surface area contributed by atoms with Crippen molar-refractivity contribution in [1.29, 1.82) is 0 Å². The molecule has 0 aliphatic carbocycles. The molecule has 5 heteroatoms. The van der Waals surface area contributed by atoms with Gasteiger partial charge in [-0.25, -0.2) is 8.78 Å². The summed E-state index contributed by atoms with van der Waals surface area (Å²) in [7, 11) is 0. The second kappa shape index (κ2) is 6.22. The first-order valence-electron chi connectivity index (χ1n) is 5.52. The molecule has 0 N–H and O–H groups in total. The minimum Gasteiger partial charge on any atom is -0.486 e. The van der Waals surface area contributed by atoms with Crippen molar-refractivity contribution in [3.63, 3.8) is 0 Å². The van der Waals surface area contributed by atoms with E-state index in [0.29, 0.717) is 5.56 Å². The maximum absolute atomic E-state index is 13.6. The van der Waals surface area contributed by atoms with Gasteiger partial charge in [-0.1, -0.05) is 23.7 Å². The van der Waals surface area contributed by atoms with Crippen molar-refractivity contribution in [2.24, 2.45) is 0 Å². The number of benzene rings is 2. The van der Waals surface area contributed by atoms with Gasteiger partial charge in [-0.15, -0.1) is 11.6 Å². The molecule has 100 valence electrons. The fourth-order valence-electron chi connectivity index (χ4n) is 1.56. The largest absolute Gasteiger partial charge is 0.486 e. The van der Waals surface area contributed by atoms with E-state index in [4.69, 9.17) is 27.9 Å². The van der Waals surface area contributed by atoms with Gasteiger partial charge >= 0.3 is 0 Å². The average molecular weight is 303 g/mol. The number of halogens is 4. The fraction of sp³-hybridized carbons (Fsp3) is 0.143. The summed E-state index contributed by atoms with van der Waals surface area (Å²) >= 11 is 11.4. The molecule has 0 saturated carbocycles. The molecule has 0 aliphatic rings. The quantitative estimate of drug-likeness (QED) is 0.727. The van der Waals surface area contributed by atoms with Gasteiger partial charge in [0.15, 0.2) is 11.6 Å². The van der Waals surface area contributed by atoms with E-state index < -0.39 is 11.6 Å². The molecule has 0 fully saturated rings. The predicted molar refractivity (Wildman–Crippen MR) is 71.7 cm³/mol. The first-order chi connectivity index (χ1) is 9.11. The highest BCUT2D eigenvalue weighted by Gasteiger charge is 2.10. The van der Waals surface area contributed by atoms with E-state index in [0.717, 1.165) is 0 Å². The van der Waals surface area contributed by atoms with Gasteiger partial charge in [0.05, 0.1) is 5.02 Å². The number of alkyl halides is 1. The van der Waals surface area contributed by atoms with Crippen LogP contribution in [0.15, 0.2) is 36.4 Å². The van der Waals surface area contributed by atoms with E-state index in [1.54, 1.807) is 12.1 Å². The van der Waals surface area contributed by atoms with Crippen LogP contribution in [0.2, 0.25) is 5.02 Å². The zero-order chi connectivity index (χ0) is 13.8. The Balaban J connectivity index is 2.15. The molecule has 0 heterocycles. The molecular formula is C14H10Cl2F2O. The van der Waals surface area contributed by atoms with E-state index in [2.05, 4.69) is 0 Å². The van der Waals surface area contributed by atoms with E-state index in [-0.39, 0.29) is 28.8 Å². The van der Waals surface area contributed by atoms with Crippen LogP contribution in [0.4, 0.5) is 8.78 Å². The highest BCUT2D eigenvalue weighted by Crippen LogP contribution is 2.24. The van der Waals surface area contributed by atoms with Crippen molar-refractivity contribution in [1.82, 2.24) is 0 Å². The van der Waals surface area contributed by atoms with Crippen LogP contribution in [0.3, 0.4) is 0 Å². The Kier molecular flexibility index (Phi) is 4.61. The van der Waals surface area contributed by atoms with Crippen molar-refractivity contribution in [2.75, 3.05) is 0 Å². The fourth-order valence-corrected chi connectivity index (χ4v) is 1.95. The Morgan fingerprint density at radius 1 is 1.05 bits per heavy atom. The molecule has 2 rings (SSSR count).